The van der Waals surface area contributed by atoms with Gasteiger partial charge in [-0.05, 0) is 37.1 Å². The third kappa shape index (κ3) is 3.51. The highest BCUT2D eigenvalue weighted by atomic mass is 16.3. The standard InChI is InChI=1S/C22H21N5O2/c28-20(13-18-15-29-22(23-18)16-7-2-1-3-8-16)26-11-6-9-17(14-26)21-25-24-19-10-4-5-12-27(19)21/h1-5,7-8,10,12,15,17H,6,9,11,13-14H2. The summed E-state index contributed by atoms with van der Waals surface area (Å²) in [6, 6.07) is 15.6. The molecule has 146 valence electrons. The molecule has 1 fully saturated rings. The Kier molecular flexibility index (Phi) is 4.56. The molecule has 1 aliphatic rings. The van der Waals surface area contributed by atoms with Crippen LogP contribution in [0.15, 0.2) is 65.4 Å². The van der Waals surface area contributed by atoms with Crippen LogP contribution >= 0.6 is 0 Å². The van der Waals surface area contributed by atoms with Gasteiger partial charge in [0, 0.05) is 30.8 Å². The number of aromatic nitrogens is 4. The first kappa shape index (κ1) is 17.6. The molecule has 3 aromatic heterocycles. The fraction of sp³-hybridized carbons (Fsp3) is 0.273. The number of likely N-dealkylation sites (tertiary alicyclic amines) is 1. The Hall–Kier alpha value is -3.48. The molecule has 0 aliphatic carbocycles. The van der Waals surface area contributed by atoms with Gasteiger partial charge in [0.25, 0.3) is 0 Å². The summed E-state index contributed by atoms with van der Waals surface area (Å²) in [5.41, 5.74) is 2.40. The highest BCUT2D eigenvalue weighted by Crippen LogP contribution is 2.26. The van der Waals surface area contributed by atoms with Gasteiger partial charge >= 0.3 is 0 Å². The fourth-order valence-electron chi connectivity index (χ4n) is 3.92. The van der Waals surface area contributed by atoms with Crippen LogP contribution in [0.2, 0.25) is 0 Å². The largest absolute Gasteiger partial charge is 0.444 e. The minimum Gasteiger partial charge on any atom is -0.444 e. The molecule has 1 aromatic carbocycles. The number of carbonyl (C=O) groups is 1. The van der Waals surface area contributed by atoms with Crippen LogP contribution in [0, 0.1) is 0 Å². The van der Waals surface area contributed by atoms with Crippen LogP contribution in [0.25, 0.3) is 17.1 Å². The van der Waals surface area contributed by atoms with E-state index in [0.29, 0.717) is 18.1 Å². The summed E-state index contributed by atoms with van der Waals surface area (Å²) in [6.45, 7) is 1.41. The monoisotopic (exact) mass is 387 g/mol. The van der Waals surface area contributed by atoms with Crippen molar-refractivity contribution < 1.29 is 9.21 Å². The number of rotatable bonds is 4. The lowest BCUT2D eigenvalue weighted by Gasteiger charge is -2.31. The predicted octanol–water partition coefficient (Wildman–Crippen LogP) is 3.33. The highest BCUT2D eigenvalue weighted by molar-refractivity contribution is 5.78. The molecule has 0 bridgehead atoms. The van der Waals surface area contributed by atoms with Crippen molar-refractivity contribution in [3.05, 3.63) is 72.5 Å². The number of amides is 1. The summed E-state index contributed by atoms with van der Waals surface area (Å²) in [4.78, 5) is 19.3. The van der Waals surface area contributed by atoms with Crippen LogP contribution in [0.1, 0.15) is 30.3 Å². The molecule has 0 N–H and O–H groups in total. The topological polar surface area (TPSA) is 76.5 Å². The molecule has 1 saturated heterocycles. The summed E-state index contributed by atoms with van der Waals surface area (Å²) in [5, 5.41) is 8.63. The molecule has 4 heterocycles. The highest BCUT2D eigenvalue weighted by Gasteiger charge is 2.28. The number of hydrogen-bond donors (Lipinski definition) is 0. The maximum atomic E-state index is 12.9. The number of oxazole rings is 1. The van der Waals surface area contributed by atoms with Crippen molar-refractivity contribution in [3.63, 3.8) is 0 Å². The van der Waals surface area contributed by atoms with Crippen molar-refractivity contribution in [2.45, 2.75) is 25.2 Å². The second kappa shape index (κ2) is 7.50. The first-order chi connectivity index (χ1) is 14.3. The van der Waals surface area contributed by atoms with Crippen LogP contribution in [0.3, 0.4) is 0 Å². The van der Waals surface area contributed by atoms with Gasteiger partial charge in [-0.25, -0.2) is 4.98 Å². The van der Waals surface area contributed by atoms with E-state index < -0.39 is 0 Å². The predicted molar refractivity (Wildman–Crippen MR) is 107 cm³/mol. The molecule has 0 radical (unpaired) electrons. The Labute approximate surface area is 168 Å². The van der Waals surface area contributed by atoms with Gasteiger partial charge in [0.2, 0.25) is 11.8 Å². The van der Waals surface area contributed by atoms with Crippen molar-refractivity contribution in [2.24, 2.45) is 0 Å². The van der Waals surface area contributed by atoms with Gasteiger partial charge in [0.1, 0.15) is 12.1 Å². The summed E-state index contributed by atoms with van der Waals surface area (Å²) in [6.07, 6.45) is 5.75. The van der Waals surface area contributed by atoms with Gasteiger partial charge in [0.05, 0.1) is 12.1 Å². The van der Waals surface area contributed by atoms with Crippen LogP contribution < -0.4 is 0 Å². The molecular weight excluding hydrogens is 366 g/mol. The summed E-state index contributed by atoms with van der Waals surface area (Å²) >= 11 is 0. The Morgan fingerprint density at radius 1 is 1.10 bits per heavy atom. The van der Waals surface area contributed by atoms with Gasteiger partial charge in [-0.3, -0.25) is 9.20 Å². The van der Waals surface area contributed by atoms with E-state index in [-0.39, 0.29) is 18.2 Å². The van der Waals surface area contributed by atoms with Crippen LogP contribution in [0.4, 0.5) is 0 Å². The van der Waals surface area contributed by atoms with Crippen molar-refractivity contribution >= 4 is 11.6 Å². The average molecular weight is 387 g/mol. The normalized spacial score (nSPS) is 17.0. The van der Waals surface area contributed by atoms with Gasteiger partial charge in [-0.1, -0.05) is 24.3 Å². The van der Waals surface area contributed by atoms with Gasteiger partial charge in [-0.15, -0.1) is 10.2 Å². The minimum absolute atomic E-state index is 0.0661. The Morgan fingerprint density at radius 2 is 1.97 bits per heavy atom. The number of nitrogens with zero attached hydrogens (tertiary/aromatic N) is 5. The lowest BCUT2D eigenvalue weighted by Crippen LogP contribution is -2.40. The van der Waals surface area contributed by atoms with Crippen LogP contribution in [0.5, 0.6) is 0 Å². The number of carbonyl (C=O) groups excluding carboxylic acids is 1. The number of hydrogen-bond acceptors (Lipinski definition) is 5. The zero-order valence-corrected chi connectivity index (χ0v) is 15.9. The molecule has 7 heteroatoms. The van der Waals surface area contributed by atoms with E-state index in [2.05, 4.69) is 15.2 Å². The van der Waals surface area contributed by atoms with E-state index in [9.17, 15) is 4.79 Å². The summed E-state index contributed by atoms with van der Waals surface area (Å²) in [5.74, 6) is 1.71. The molecule has 1 aliphatic heterocycles. The van der Waals surface area contributed by atoms with Crippen LogP contribution in [-0.2, 0) is 11.2 Å². The fourth-order valence-corrected chi connectivity index (χ4v) is 3.92. The van der Waals surface area contributed by atoms with Crippen molar-refractivity contribution in [2.75, 3.05) is 13.1 Å². The van der Waals surface area contributed by atoms with E-state index in [1.54, 1.807) is 6.26 Å². The second-order valence-electron chi connectivity index (χ2n) is 7.35. The third-order valence-electron chi connectivity index (χ3n) is 5.38. The SMILES string of the molecule is O=C(Cc1coc(-c2ccccc2)n1)N1CCCC(c2nnc3ccccn23)C1. The molecule has 1 amide bonds. The molecular formula is C22H21N5O2. The lowest BCUT2D eigenvalue weighted by molar-refractivity contribution is -0.131. The molecule has 5 rings (SSSR count). The number of fused-ring (bicyclic) bond motifs is 1. The van der Waals surface area contributed by atoms with E-state index >= 15 is 0 Å². The number of benzene rings is 1. The van der Waals surface area contributed by atoms with E-state index in [1.807, 2.05) is 64.0 Å². The quantitative estimate of drug-likeness (QED) is 0.537. The van der Waals surface area contributed by atoms with Crippen molar-refractivity contribution in [1.82, 2.24) is 24.5 Å². The first-order valence-electron chi connectivity index (χ1n) is 9.85. The molecule has 0 spiro atoms. The van der Waals surface area contributed by atoms with Gasteiger partial charge in [0.15, 0.2) is 5.65 Å². The summed E-state index contributed by atoms with van der Waals surface area (Å²) < 4.78 is 7.58. The lowest BCUT2D eigenvalue weighted by atomic mass is 9.97. The first-order valence-corrected chi connectivity index (χ1v) is 9.85. The molecule has 7 nitrogen and oxygen atoms in total. The minimum atomic E-state index is 0.0661. The van der Waals surface area contributed by atoms with Gasteiger partial charge in [-0.2, -0.15) is 0 Å². The average Bonchev–Trinajstić information content (AvgIpc) is 3.42. The second-order valence-corrected chi connectivity index (χ2v) is 7.35. The number of piperidine rings is 1. The Morgan fingerprint density at radius 3 is 2.86 bits per heavy atom. The van der Waals surface area contributed by atoms with E-state index in [0.717, 1.165) is 36.4 Å². The number of pyridine rings is 1. The smallest absolute Gasteiger partial charge is 0.228 e. The maximum Gasteiger partial charge on any atom is 0.228 e. The Balaban J connectivity index is 1.29. The van der Waals surface area contributed by atoms with Crippen molar-refractivity contribution in [1.29, 1.82) is 0 Å². The molecule has 0 saturated carbocycles. The van der Waals surface area contributed by atoms with E-state index in [4.69, 9.17) is 4.42 Å². The summed E-state index contributed by atoms with van der Waals surface area (Å²) in [7, 11) is 0. The van der Waals surface area contributed by atoms with Crippen molar-refractivity contribution in [3.8, 4) is 11.5 Å². The zero-order chi connectivity index (χ0) is 19.6. The van der Waals surface area contributed by atoms with E-state index in [1.165, 1.54) is 0 Å². The molecule has 1 atom stereocenters. The maximum absolute atomic E-state index is 12.9. The molecule has 1 unspecified atom stereocenters. The molecule has 4 aromatic rings. The Bertz CT molecular complexity index is 1130. The zero-order valence-electron chi connectivity index (χ0n) is 15.9. The molecule has 29 heavy (non-hydrogen) atoms. The van der Waals surface area contributed by atoms with Gasteiger partial charge < -0.3 is 9.32 Å². The van der Waals surface area contributed by atoms with Crippen LogP contribution in [-0.4, -0.2) is 43.5 Å². The third-order valence-corrected chi connectivity index (χ3v) is 5.38.